The van der Waals surface area contributed by atoms with E-state index in [9.17, 15) is 51.1 Å². The number of unbranched alkanes of at least 4 members (excludes halogenated alkanes) is 13. The van der Waals surface area contributed by atoms with E-state index in [0.717, 1.165) is 19.3 Å². The number of hydrogen-bond donors (Lipinski definition) is 10. The molecule has 0 radical (unpaired) electrons. The lowest BCUT2D eigenvalue weighted by molar-refractivity contribution is -0.381. The van der Waals surface area contributed by atoms with Crippen LogP contribution in [0, 0.1) is 0 Å². The highest BCUT2D eigenvalue weighted by Crippen LogP contribution is 2.33. The van der Waals surface area contributed by atoms with Gasteiger partial charge in [-0.15, -0.1) is 0 Å². The number of hydrogen-bond acceptors (Lipinski definition) is 16. The fourth-order valence-electron chi connectivity index (χ4n) is 6.66. The van der Waals surface area contributed by atoms with E-state index in [4.69, 9.17) is 28.4 Å². The molecule has 0 spiro atoms. The molecule has 16 heteroatoms. The van der Waals surface area contributed by atoms with E-state index in [1.807, 2.05) is 0 Å². The van der Waals surface area contributed by atoms with Crippen molar-refractivity contribution in [2.45, 2.75) is 189 Å². The minimum Gasteiger partial charge on any atom is -0.394 e. The summed E-state index contributed by atoms with van der Waals surface area (Å²) in [5, 5.41) is 104. The summed E-state index contributed by atoms with van der Waals surface area (Å²) in [6, 6.07) is 0. The maximum absolute atomic E-state index is 11.1. The summed E-state index contributed by atoms with van der Waals surface area (Å²) in [4.78, 5) is 0. The molecule has 296 valence electrons. The van der Waals surface area contributed by atoms with Crippen LogP contribution in [0.4, 0.5) is 0 Å². The monoisotopic (exact) mass is 728 g/mol. The highest BCUT2D eigenvalue weighted by Gasteiger charge is 2.53. The highest BCUT2D eigenvalue weighted by molar-refractivity contribution is 4.96. The normalized spacial score (nSPS) is 39.5. The van der Waals surface area contributed by atoms with Crippen molar-refractivity contribution in [2.24, 2.45) is 0 Å². The molecule has 3 heterocycles. The van der Waals surface area contributed by atoms with E-state index in [1.54, 1.807) is 0 Å². The zero-order chi connectivity index (χ0) is 36.6. The first-order valence-electron chi connectivity index (χ1n) is 18.6. The molecule has 0 aromatic carbocycles. The van der Waals surface area contributed by atoms with Gasteiger partial charge < -0.3 is 79.5 Å². The molecule has 50 heavy (non-hydrogen) atoms. The van der Waals surface area contributed by atoms with Gasteiger partial charge in [0.2, 0.25) is 0 Å². The van der Waals surface area contributed by atoms with Gasteiger partial charge in [-0.05, 0) is 6.42 Å². The van der Waals surface area contributed by atoms with Crippen molar-refractivity contribution in [3.05, 3.63) is 0 Å². The van der Waals surface area contributed by atoms with E-state index < -0.39 is 112 Å². The molecule has 3 aliphatic rings. The van der Waals surface area contributed by atoms with Crippen molar-refractivity contribution in [1.82, 2.24) is 0 Å². The Hall–Kier alpha value is -0.640. The Morgan fingerprint density at radius 3 is 1.20 bits per heavy atom. The molecule has 3 rings (SSSR count). The minimum absolute atomic E-state index is 0.233. The van der Waals surface area contributed by atoms with Gasteiger partial charge in [-0.2, -0.15) is 0 Å². The van der Waals surface area contributed by atoms with E-state index in [0.29, 0.717) is 6.42 Å². The Morgan fingerprint density at radius 1 is 0.400 bits per heavy atom. The van der Waals surface area contributed by atoms with Crippen LogP contribution in [-0.2, 0) is 28.4 Å². The van der Waals surface area contributed by atoms with Crippen LogP contribution in [-0.4, -0.2) is 170 Å². The van der Waals surface area contributed by atoms with Crippen LogP contribution in [0.2, 0.25) is 0 Å². The van der Waals surface area contributed by atoms with Crippen LogP contribution in [0.1, 0.15) is 96.8 Å². The summed E-state index contributed by atoms with van der Waals surface area (Å²) in [6.07, 6.45) is -7.49. The van der Waals surface area contributed by atoms with Crippen LogP contribution in [0.15, 0.2) is 0 Å². The topological polar surface area (TPSA) is 258 Å². The summed E-state index contributed by atoms with van der Waals surface area (Å²) in [6.45, 7) is 0.278. The molecule has 10 N–H and O–H groups in total. The van der Waals surface area contributed by atoms with Gasteiger partial charge in [0, 0.05) is 6.61 Å². The van der Waals surface area contributed by atoms with Gasteiger partial charge in [0.05, 0.1) is 19.8 Å². The van der Waals surface area contributed by atoms with Crippen molar-refractivity contribution in [1.29, 1.82) is 0 Å². The standard InChI is InChI=1S/C34H64O16/c1-2-3-4-5-6-7-8-9-10-11-12-13-14-15-16-45-32-28(43)30(24(39)21(18-36)46-32)50-34-29(44)31(25(40)22(19-37)48-34)49-33-27(42)26(41)23(38)20(17-35)47-33/h20-44H,2-19H2,1H3/t20-,21-,22-,23-,24-,25-,26+,27-,28-,29-,30+,31+,32-,33+,34+/m1/s1. The third kappa shape index (κ3) is 12.5. The lowest BCUT2D eigenvalue weighted by Crippen LogP contribution is -2.67. The van der Waals surface area contributed by atoms with E-state index in [1.165, 1.54) is 64.2 Å². The number of aliphatic hydroxyl groups is 10. The van der Waals surface area contributed by atoms with Crippen LogP contribution in [0.5, 0.6) is 0 Å². The Balaban J connectivity index is 1.48. The first kappa shape index (κ1) is 43.8. The lowest BCUT2D eigenvalue weighted by Gasteiger charge is -2.48. The summed E-state index contributed by atoms with van der Waals surface area (Å²) in [7, 11) is 0. The molecule has 0 aromatic rings. The lowest BCUT2D eigenvalue weighted by atomic mass is 9.96. The maximum atomic E-state index is 11.1. The molecular formula is C34H64O16. The number of rotatable bonds is 23. The molecule has 15 atom stereocenters. The summed E-state index contributed by atoms with van der Waals surface area (Å²) in [5.41, 5.74) is 0. The van der Waals surface area contributed by atoms with Gasteiger partial charge >= 0.3 is 0 Å². The zero-order valence-electron chi connectivity index (χ0n) is 29.3. The first-order valence-corrected chi connectivity index (χ1v) is 18.6. The average Bonchev–Trinajstić information content (AvgIpc) is 3.11. The Bertz CT molecular complexity index is 886. The maximum Gasteiger partial charge on any atom is 0.187 e. The van der Waals surface area contributed by atoms with Crippen LogP contribution in [0.3, 0.4) is 0 Å². The van der Waals surface area contributed by atoms with Crippen LogP contribution < -0.4 is 0 Å². The number of aliphatic hydroxyl groups excluding tert-OH is 10. The fraction of sp³-hybridized carbons (Fsp3) is 1.00. The molecule has 3 fully saturated rings. The summed E-state index contributed by atoms with van der Waals surface area (Å²) in [5.74, 6) is 0. The second-order valence-corrected chi connectivity index (χ2v) is 13.8. The molecule has 0 bridgehead atoms. The largest absolute Gasteiger partial charge is 0.394 e. The molecule has 0 amide bonds. The van der Waals surface area contributed by atoms with Gasteiger partial charge in [0.15, 0.2) is 18.9 Å². The van der Waals surface area contributed by atoms with Crippen LogP contribution >= 0.6 is 0 Å². The third-order valence-electron chi connectivity index (χ3n) is 9.85. The van der Waals surface area contributed by atoms with Crippen LogP contribution in [0.25, 0.3) is 0 Å². The molecule has 16 nitrogen and oxygen atoms in total. The van der Waals surface area contributed by atoms with Crippen molar-refractivity contribution >= 4 is 0 Å². The molecule has 3 saturated heterocycles. The van der Waals surface area contributed by atoms with Gasteiger partial charge in [0.25, 0.3) is 0 Å². The van der Waals surface area contributed by atoms with Crippen molar-refractivity contribution in [3.63, 3.8) is 0 Å². The van der Waals surface area contributed by atoms with E-state index in [-0.39, 0.29) is 6.61 Å². The Kier molecular flexibility index (Phi) is 20.3. The average molecular weight is 729 g/mol. The Labute approximate surface area is 294 Å². The smallest absolute Gasteiger partial charge is 0.187 e. The van der Waals surface area contributed by atoms with Crippen molar-refractivity contribution in [2.75, 3.05) is 26.4 Å². The Morgan fingerprint density at radius 2 is 0.760 bits per heavy atom. The van der Waals surface area contributed by atoms with Gasteiger partial charge in [-0.1, -0.05) is 90.4 Å². The molecule has 0 aliphatic carbocycles. The van der Waals surface area contributed by atoms with Gasteiger partial charge in [0.1, 0.15) is 73.2 Å². The van der Waals surface area contributed by atoms with E-state index in [2.05, 4.69) is 6.92 Å². The molecule has 0 unspecified atom stereocenters. The summed E-state index contributed by atoms with van der Waals surface area (Å²) >= 11 is 0. The predicted molar refractivity (Wildman–Crippen MR) is 175 cm³/mol. The SMILES string of the molecule is CCCCCCCCCCCCCCCCO[C@@H]1O[C@H](CO)[C@@H](O)[C@H](O[C@@H]2O[C@H](CO)[C@@H](O)[C@H](O[C@@H]3O[C@H](CO)[C@@H](O)[C@H](O)[C@H]3O)[C@H]2O)[C@H]1O. The van der Waals surface area contributed by atoms with Gasteiger partial charge in [-0.25, -0.2) is 0 Å². The van der Waals surface area contributed by atoms with Crippen molar-refractivity contribution in [3.8, 4) is 0 Å². The first-order chi connectivity index (χ1) is 24.1. The fourth-order valence-corrected chi connectivity index (χ4v) is 6.66. The predicted octanol–water partition coefficient (Wildman–Crippen LogP) is -1.07. The third-order valence-corrected chi connectivity index (χ3v) is 9.85. The molecule has 3 aliphatic heterocycles. The van der Waals surface area contributed by atoms with Gasteiger partial charge in [-0.3, -0.25) is 0 Å². The number of ether oxygens (including phenoxy) is 6. The quantitative estimate of drug-likeness (QED) is 0.0562. The van der Waals surface area contributed by atoms with E-state index >= 15 is 0 Å². The zero-order valence-corrected chi connectivity index (χ0v) is 29.3. The molecule has 0 saturated carbocycles. The molecule has 0 aromatic heterocycles. The summed E-state index contributed by atoms with van der Waals surface area (Å²) < 4.78 is 33.6. The highest BCUT2D eigenvalue weighted by atomic mass is 16.8. The van der Waals surface area contributed by atoms with Crippen molar-refractivity contribution < 1.29 is 79.5 Å². The second-order valence-electron chi connectivity index (χ2n) is 13.8. The minimum atomic E-state index is -1.88. The second kappa shape index (κ2) is 23.2. The molecular weight excluding hydrogens is 664 g/mol.